The number of non-ortho nitro benzene ring substituents is 1. The van der Waals surface area contributed by atoms with Gasteiger partial charge in [-0.05, 0) is 77.5 Å². The van der Waals surface area contributed by atoms with E-state index in [-0.39, 0.29) is 30.1 Å². The van der Waals surface area contributed by atoms with Crippen LogP contribution >= 0.6 is 0 Å². The zero-order valence-electron chi connectivity index (χ0n) is 24.7. The zero-order valence-corrected chi connectivity index (χ0v) is 24.7. The minimum absolute atomic E-state index is 0.150. The van der Waals surface area contributed by atoms with Crippen LogP contribution in [0.5, 0.6) is 5.75 Å². The first-order valence-electron chi connectivity index (χ1n) is 15.0. The van der Waals surface area contributed by atoms with Crippen molar-refractivity contribution in [2.24, 2.45) is 17.8 Å². The number of aromatic hydroxyl groups is 1. The molecule has 3 aromatic rings. The Morgan fingerprint density at radius 1 is 1.07 bits per heavy atom. The third-order valence-corrected chi connectivity index (χ3v) is 8.98. The van der Waals surface area contributed by atoms with E-state index in [1.807, 2.05) is 42.5 Å². The summed E-state index contributed by atoms with van der Waals surface area (Å²) in [5.74, 6) is -2.50. The summed E-state index contributed by atoms with van der Waals surface area (Å²) in [5.41, 5.74) is 4.71. The molecule has 0 radical (unpaired) electrons. The van der Waals surface area contributed by atoms with Crippen LogP contribution in [0, 0.1) is 27.9 Å². The number of imide groups is 1. The summed E-state index contributed by atoms with van der Waals surface area (Å²) in [4.78, 5) is 39.6. The number of benzene rings is 3. The maximum absolute atomic E-state index is 14.0. The molecule has 10 nitrogen and oxygen atoms in total. The van der Waals surface area contributed by atoms with E-state index >= 15 is 0 Å². The average Bonchev–Trinajstić information content (AvgIpc) is 3.29. The first-order valence-corrected chi connectivity index (χ1v) is 15.0. The molecule has 2 N–H and O–H groups in total. The van der Waals surface area contributed by atoms with Crippen molar-refractivity contribution in [1.82, 2.24) is 0 Å². The molecule has 4 atom stereocenters. The number of rotatable bonds is 9. The van der Waals surface area contributed by atoms with Crippen LogP contribution in [0.15, 0.2) is 90.0 Å². The molecule has 0 unspecified atom stereocenters. The molecule has 0 spiro atoms. The molecule has 1 aliphatic carbocycles. The highest BCUT2D eigenvalue weighted by atomic mass is 16.6. The van der Waals surface area contributed by atoms with Crippen LogP contribution < -0.4 is 4.90 Å². The van der Waals surface area contributed by atoms with Gasteiger partial charge >= 0.3 is 7.12 Å². The molecule has 2 fully saturated rings. The molecule has 2 heterocycles. The normalized spacial score (nSPS) is 23.3. The molecule has 3 aliphatic rings. The summed E-state index contributed by atoms with van der Waals surface area (Å²) in [6, 6.07) is 22.4. The second-order valence-corrected chi connectivity index (χ2v) is 11.7. The van der Waals surface area contributed by atoms with Crippen LogP contribution in [0.1, 0.15) is 30.4 Å². The molecule has 45 heavy (non-hydrogen) atoms. The molecule has 3 aromatic carbocycles. The fraction of sp³-hybridized carbons (Fsp3) is 0.294. The number of carbonyl (C=O) groups excluding carboxylic acids is 2. The summed E-state index contributed by atoms with van der Waals surface area (Å²) in [6.45, 7) is 0.248. The smallest absolute Gasteiger partial charge is 0.455 e. The van der Waals surface area contributed by atoms with Gasteiger partial charge in [0.15, 0.2) is 0 Å². The van der Waals surface area contributed by atoms with E-state index in [0.717, 1.165) is 32.7 Å². The number of phenols is 1. The second-order valence-electron chi connectivity index (χ2n) is 11.7. The second kappa shape index (κ2) is 12.8. The van der Waals surface area contributed by atoms with Crippen LogP contribution in [-0.2, 0) is 19.0 Å². The van der Waals surface area contributed by atoms with Gasteiger partial charge in [-0.25, -0.2) is 4.90 Å². The van der Waals surface area contributed by atoms with Crippen LogP contribution in [0.25, 0.3) is 11.6 Å². The Kier molecular flexibility index (Phi) is 8.66. The van der Waals surface area contributed by atoms with Gasteiger partial charge in [-0.2, -0.15) is 0 Å². The van der Waals surface area contributed by atoms with Crippen LogP contribution in [0.4, 0.5) is 11.4 Å². The van der Waals surface area contributed by atoms with Crippen molar-refractivity contribution in [2.75, 3.05) is 18.6 Å². The summed E-state index contributed by atoms with van der Waals surface area (Å²) in [5, 5.41) is 32.1. The Morgan fingerprint density at radius 2 is 1.82 bits per heavy atom. The van der Waals surface area contributed by atoms with E-state index in [0.29, 0.717) is 19.3 Å². The molecule has 2 saturated heterocycles. The molecule has 2 aliphatic heterocycles. The highest BCUT2D eigenvalue weighted by Gasteiger charge is 2.57. The van der Waals surface area contributed by atoms with Gasteiger partial charge < -0.3 is 19.5 Å². The number of ether oxygens (including phenoxy) is 1. The largest absolute Gasteiger partial charge is 0.508 e. The number of nitro benzene ring substituents is 1. The Morgan fingerprint density at radius 3 is 2.53 bits per heavy atom. The highest BCUT2D eigenvalue weighted by molar-refractivity contribution is 6.43. The Hall–Kier alpha value is -4.58. The topological polar surface area (TPSA) is 139 Å². The van der Waals surface area contributed by atoms with Gasteiger partial charge in [0.1, 0.15) is 5.75 Å². The number of amides is 2. The minimum Gasteiger partial charge on any atom is -0.508 e. The summed E-state index contributed by atoms with van der Waals surface area (Å²) < 4.78 is 11.7. The van der Waals surface area contributed by atoms with Gasteiger partial charge in [0.05, 0.1) is 35.2 Å². The van der Waals surface area contributed by atoms with E-state index in [4.69, 9.17) is 9.39 Å². The molecule has 230 valence electrons. The van der Waals surface area contributed by atoms with Crippen LogP contribution in [0.2, 0.25) is 6.32 Å². The number of allylic oxidation sites excluding steroid dienone is 1. The van der Waals surface area contributed by atoms with E-state index < -0.39 is 47.7 Å². The summed E-state index contributed by atoms with van der Waals surface area (Å²) in [6.07, 6.45) is 3.07. The Balaban J connectivity index is 1.32. The van der Waals surface area contributed by atoms with Crippen molar-refractivity contribution in [1.29, 1.82) is 0 Å². The van der Waals surface area contributed by atoms with Gasteiger partial charge in [-0.3, -0.25) is 19.7 Å². The SMILES string of the molecule is COCC1=C2[C@@H](CC/C(=C/c3ccc(O)cc3)c3ccccc3)OB(O)C[C@@H]2[C@@H]2C(=O)N(c3cccc([N+](=O)[O-])c3)C(=O)[C@@H]2C1. The fourth-order valence-electron chi connectivity index (χ4n) is 7.08. The van der Waals surface area contributed by atoms with Gasteiger partial charge in [0.2, 0.25) is 11.8 Å². The standard InChI is InChI=1S/C34H33BN2O8/c1-44-20-24-17-28-32(34(40)36(33(28)39)25-8-5-9-26(18-25)37(42)43)29-19-35(41)45-30(31(24)29)15-12-23(22-6-3-2-4-7-22)16-21-10-13-27(38)14-11-21/h2-11,13-14,16,18,28-30,32,38,41H,12,15,17,19-20H2,1H3/b23-16-/t28-,29+,30-,32-/m1/s1. The quantitative estimate of drug-likeness (QED) is 0.0837. The number of fused-ring (bicyclic) bond motifs is 3. The lowest BCUT2D eigenvalue weighted by atomic mass is 9.58. The molecule has 11 heteroatoms. The lowest BCUT2D eigenvalue weighted by molar-refractivity contribution is -0.384. The van der Waals surface area contributed by atoms with Crippen molar-refractivity contribution in [3.05, 3.63) is 111 Å². The maximum Gasteiger partial charge on any atom is 0.455 e. The van der Waals surface area contributed by atoms with Gasteiger partial charge in [-0.1, -0.05) is 54.6 Å². The average molecular weight is 608 g/mol. The third-order valence-electron chi connectivity index (χ3n) is 8.98. The molecule has 0 aromatic heterocycles. The first kappa shape index (κ1) is 30.5. The maximum atomic E-state index is 14.0. The number of methoxy groups -OCH3 is 1. The number of hydrogen-bond acceptors (Lipinski definition) is 8. The predicted molar refractivity (Wildman–Crippen MR) is 169 cm³/mol. The molecule has 2 amide bonds. The molecule has 0 bridgehead atoms. The number of carbonyl (C=O) groups is 2. The van der Waals surface area contributed by atoms with Crippen molar-refractivity contribution >= 4 is 42.0 Å². The number of hydrogen-bond donors (Lipinski definition) is 2. The number of phenolic OH excluding ortho intramolecular Hbond substituents is 1. The van der Waals surface area contributed by atoms with Crippen molar-refractivity contribution in [3.8, 4) is 5.75 Å². The van der Waals surface area contributed by atoms with E-state index in [9.17, 15) is 29.8 Å². The summed E-state index contributed by atoms with van der Waals surface area (Å²) in [7, 11) is 0.440. The van der Waals surface area contributed by atoms with E-state index in [1.54, 1.807) is 19.2 Å². The molecule has 0 saturated carbocycles. The zero-order chi connectivity index (χ0) is 31.7. The Labute approximate surface area is 260 Å². The first-order chi connectivity index (χ1) is 21.7. The third kappa shape index (κ3) is 6.06. The molecular formula is C34H33BN2O8. The Bertz CT molecular complexity index is 1670. The lowest BCUT2D eigenvalue weighted by Crippen LogP contribution is -2.46. The van der Waals surface area contributed by atoms with Crippen molar-refractivity contribution in [3.63, 3.8) is 0 Å². The monoisotopic (exact) mass is 608 g/mol. The van der Waals surface area contributed by atoms with Crippen molar-refractivity contribution < 1.29 is 34.0 Å². The van der Waals surface area contributed by atoms with E-state index in [1.165, 1.54) is 24.3 Å². The predicted octanol–water partition coefficient (Wildman–Crippen LogP) is 5.27. The van der Waals surface area contributed by atoms with Gasteiger partial charge in [0, 0.05) is 19.2 Å². The number of nitrogens with zero attached hydrogens (tertiary/aromatic N) is 2. The molecular weight excluding hydrogens is 575 g/mol. The number of anilines is 1. The molecule has 6 rings (SSSR count). The lowest BCUT2D eigenvalue weighted by Gasteiger charge is -2.43. The fourth-order valence-corrected chi connectivity index (χ4v) is 7.08. The summed E-state index contributed by atoms with van der Waals surface area (Å²) >= 11 is 0. The minimum atomic E-state index is -1.14. The van der Waals surface area contributed by atoms with E-state index in [2.05, 4.69) is 6.08 Å². The highest BCUT2D eigenvalue weighted by Crippen LogP contribution is 2.51. The van der Waals surface area contributed by atoms with Gasteiger partial charge in [-0.15, -0.1) is 0 Å². The van der Waals surface area contributed by atoms with Crippen molar-refractivity contribution in [2.45, 2.75) is 31.7 Å². The van der Waals surface area contributed by atoms with Crippen LogP contribution in [0.3, 0.4) is 0 Å². The number of nitro groups is 1. The van der Waals surface area contributed by atoms with Gasteiger partial charge in [0.25, 0.3) is 5.69 Å². The van der Waals surface area contributed by atoms with Crippen LogP contribution in [-0.4, -0.2) is 53.8 Å².